The molecule has 1 heterocycles. The van der Waals surface area contributed by atoms with E-state index in [4.69, 9.17) is 18.9 Å². The molecule has 0 fully saturated rings. The molecule has 0 unspecified atom stereocenters. The lowest BCUT2D eigenvalue weighted by molar-refractivity contribution is -0.923. The Morgan fingerprint density at radius 2 is 1.37 bits per heavy atom. The Balaban J connectivity index is 1.62. The Kier molecular flexibility index (Phi) is 17.0. The van der Waals surface area contributed by atoms with Crippen molar-refractivity contribution < 1.29 is 23.4 Å². The van der Waals surface area contributed by atoms with Gasteiger partial charge in [-0.3, -0.25) is 0 Å². The van der Waals surface area contributed by atoms with Gasteiger partial charge in [0.25, 0.3) is 0 Å². The minimum Gasteiger partial charge on any atom is -0.377 e. The average molecular weight is 614 g/mol. The van der Waals surface area contributed by atoms with Crippen LogP contribution in [0.2, 0.25) is 0 Å². The number of hydrogen-bond acceptors (Lipinski definition) is 10. The highest BCUT2D eigenvalue weighted by atomic mass is 32.1. The number of anilines is 1. The normalized spacial score (nSPS) is 11.6. The summed E-state index contributed by atoms with van der Waals surface area (Å²) < 4.78 is 23.9. The molecule has 2 aromatic rings. The van der Waals surface area contributed by atoms with Crippen LogP contribution in [-0.4, -0.2) is 96.6 Å². The molecule has 1 aromatic carbocycles. The van der Waals surface area contributed by atoms with E-state index < -0.39 is 0 Å². The Hall–Kier alpha value is -2.90. The number of hydrogen-bond donors (Lipinski definition) is 0. The lowest BCUT2D eigenvalue weighted by Crippen LogP contribution is -2.49. The number of rotatable bonds is 22. The second-order valence-corrected chi connectivity index (χ2v) is 11.2. The standard InChI is InChI=1S/C32H49N6O4S/c1-7-37(13-15-39-17-19-41-21-22-42-20-18-40-16-14-38(8-2,9-3)10-4)28-11-12-30(26(5)23-28)35-36-32-29(24-33)27(6)31(25-34)43-32/h11-12,23H,7-10,13-22H2,1-6H3/q+1/b36-35+. The van der Waals surface area contributed by atoms with Crippen molar-refractivity contribution >= 4 is 27.7 Å². The molecule has 0 aliphatic heterocycles. The van der Waals surface area contributed by atoms with Gasteiger partial charge in [-0.05, 0) is 70.9 Å². The van der Waals surface area contributed by atoms with Crippen molar-refractivity contribution in [2.75, 3.05) is 97.0 Å². The molecule has 11 heteroatoms. The largest absolute Gasteiger partial charge is 0.377 e. The number of nitrogens with zero attached hydrogens (tertiary/aromatic N) is 6. The highest BCUT2D eigenvalue weighted by Gasteiger charge is 2.19. The number of azo groups is 1. The van der Waals surface area contributed by atoms with E-state index in [0.717, 1.165) is 67.3 Å². The Morgan fingerprint density at radius 1 is 0.791 bits per heavy atom. The predicted octanol–water partition coefficient (Wildman–Crippen LogP) is 6.29. The van der Waals surface area contributed by atoms with Crippen molar-refractivity contribution in [2.45, 2.75) is 41.5 Å². The molecule has 0 saturated heterocycles. The summed E-state index contributed by atoms with van der Waals surface area (Å²) >= 11 is 1.19. The van der Waals surface area contributed by atoms with Crippen LogP contribution in [0.3, 0.4) is 0 Å². The second kappa shape index (κ2) is 20.1. The Bertz CT molecular complexity index is 1210. The van der Waals surface area contributed by atoms with Gasteiger partial charge in [0, 0.05) is 18.8 Å². The molecule has 1 aromatic heterocycles. The number of thiophene rings is 1. The van der Waals surface area contributed by atoms with E-state index in [1.165, 1.54) is 11.3 Å². The maximum Gasteiger partial charge on any atom is 0.158 e. The van der Waals surface area contributed by atoms with Crippen LogP contribution in [-0.2, 0) is 18.9 Å². The SMILES string of the molecule is CCN(CCOCCOCCOCCOCC[N+](CC)(CC)CC)c1ccc(/N=N/c2sc(C#N)c(C)c2C#N)c(C)c1. The van der Waals surface area contributed by atoms with Crippen LogP contribution < -0.4 is 4.90 Å². The fraction of sp³-hybridized carbons (Fsp3) is 0.625. The number of aryl methyl sites for hydroxylation is 1. The molecule has 43 heavy (non-hydrogen) atoms. The van der Waals surface area contributed by atoms with Gasteiger partial charge in [-0.2, -0.15) is 10.5 Å². The summed E-state index contributed by atoms with van der Waals surface area (Å²) in [5.74, 6) is 0. The van der Waals surface area contributed by atoms with Gasteiger partial charge in [0.05, 0.1) is 83.7 Å². The second-order valence-electron chi connectivity index (χ2n) is 10.2. The topological polar surface area (TPSA) is 112 Å². The van der Waals surface area contributed by atoms with Gasteiger partial charge in [-0.25, -0.2) is 0 Å². The first-order chi connectivity index (χ1) is 20.9. The minimum atomic E-state index is 0.406. The van der Waals surface area contributed by atoms with E-state index in [1.807, 2.05) is 19.1 Å². The third kappa shape index (κ3) is 11.6. The molecular formula is C32H49N6O4S+. The quantitative estimate of drug-likeness (QED) is 0.0871. The molecule has 0 saturated carbocycles. The summed E-state index contributed by atoms with van der Waals surface area (Å²) in [6.45, 7) is 23.4. The van der Waals surface area contributed by atoms with Gasteiger partial charge >= 0.3 is 0 Å². The predicted molar refractivity (Wildman–Crippen MR) is 172 cm³/mol. The van der Waals surface area contributed by atoms with Gasteiger partial charge in [0.2, 0.25) is 0 Å². The van der Waals surface area contributed by atoms with Gasteiger partial charge in [0.15, 0.2) is 5.00 Å². The summed E-state index contributed by atoms with van der Waals surface area (Å²) in [6.07, 6.45) is 0. The van der Waals surface area contributed by atoms with E-state index in [2.05, 4.69) is 61.0 Å². The average Bonchev–Trinajstić information content (AvgIpc) is 3.34. The van der Waals surface area contributed by atoms with Crippen molar-refractivity contribution in [2.24, 2.45) is 10.2 Å². The molecule has 0 spiro atoms. The van der Waals surface area contributed by atoms with E-state index in [1.54, 1.807) is 6.92 Å². The maximum absolute atomic E-state index is 9.43. The molecule has 0 radical (unpaired) electrons. The van der Waals surface area contributed by atoms with Crippen LogP contribution in [0.5, 0.6) is 0 Å². The summed E-state index contributed by atoms with van der Waals surface area (Å²) in [6, 6.07) is 10.3. The first kappa shape index (κ1) is 36.3. The van der Waals surface area contributed by atoms with Gasteiger partial charge in [0.1, 0.15) is 23.6 Å². The third-order valence-electron chi connectivity index (χ3n) is 7.86. The maximum atomic E-state index is 9.43. The van der Waals surface area contributed by atoms with Crippen molar-refractivity contribution in [3.63, 3.8) is 0 Å². The Morgan fingerprint density at radius 3 is 1.88 bits per heavy atom. The van der Waals surface area contributed by atoms with Crippen molar-refractivity contribution in [3.8, 4) is 12.1 Å². The molecule has 10 nitrogen and oxygen atoms in total. The fourth-order valence-corrected chi connectivity index (χ4v) is 5.54. The smallest absolute Gasteiger partial charge is 0.158 e. The van der Waals surface area contributed by atoms with Crippen LogP contribution in [0.4, 0.5) is 16.4 Å². The number of benzene rings is 1. The summed E-state index contributed by atoms with van der Waals surface area (Å²) in [5.41, 5.74) is 3.83. The fourth-order valence-electron chi connectivity index (χ4n) is 4.66. The van der Waals surface area contributed by atoms with E-state index in [9.17, 15) is 10.5 Å². The number of nitriles is 2. The zero-order valence-corrected chi connectivity index (χ0v) is 27.7. The van der Waals surface area contributed by atoms with Crippen molar-refractivity contribution in [3.05, 3.63) is 39.8 Å². The summed E-state index contributed by atoms with van der Waals surface area (Å²) in [5, 5.41) is 27.8. The number of likely N-dealkylation sites (N-methyl/N-ethyl adjacent to an activating group) is 2. The number of quaternary nitrogens is 1. The monoisotopic (exact) mass is 613 g/mol. The van der Waals surface area contributed by atoms with Gasteiger partial charge in [-0.1, -0.05) is 0 Å². The first-order valence-electron chi connectivity index (χ1n) is 15.2. The Labute approximate surface area is 262 Å². The molecule has 0 amide bonds. The molecule has 236 valence electrons. The first-order valence-corrected chi connectivity index (χ1v) is 16.1. The summed E-state index contributed by atoms with van der Waals surface area (Å²) in [4.78, 5) is 2.73. The van der Waals surface area contributed by atoms with Crippen molar-refractivity contribution in [1.29, 1.82) is 10.5 Å². The number of ether oxygens (including phenoxy) is 4. The van der Waals surface area contributed by atoms with Crippen LogP contribution in [0.15, 0.2) is 28.4 Å². The van der Waals surface area contributed by atoms with Crippen LogP contribution in [0.1, 0.15) is 49.3 Å². The minimum absolute atomic E-state index is 0.406. The highest BCUT2D eigenvalue weighted by Crippen LogP contribution is 2.36. The molecule has 0 N–H and O–H groups in total. The molecule has 0 aliphatic rings. The van der Waals surface area contributed by atoms with Crippen LogP contribution in [0.25, 0.3) is 0 Å². The van der Waals surface area contributed by atoms with E-state index in [0.29, 0.717) is 67.3 Å². The van der Waals surface area contributed by atoms with Gasteiger partial charge in [-0.15, -0.1) is 21.6 Å². The molecule has 0 aliphatic carbocycles. The van der Waals surface area contributed by atoms with Crippen molar-refractivity contribution in [1.82, 2.24) is 0 Å². The summed E-state index contributed by atoms with van der Waals surface area (Å²) in [7, 11) is 0. The van der Waals surface area contributed by atoms with Crippen LogP contribution in [0, 0.1) is 36.5 Å². The molecule has 0 bridgehead atoms. The zero-order chi connectivity index (χ0) is 31.5. The molecule has 0 atom stereocenters. The molecule has 2 rings (SSSR count). The lowest BCUT2D eigenvalue weighted by Gasteiger charge is -2.35. The van der Waals surface area contributed by atoms with E-state index >= 15 is 0 Å². The highest BCUT2D eigenvalue weighted by molar-refractivity contribution is 7.16. The zero-order valence-electron chi connectivity index (χ0n) is 26.9. The molecular weight excluding hydrogens is 564 g/mol. The third-order valence-corrected chi connectivity index (χ3v) is 8.94. The van der Waals surface area contributed by atoms with Crippen LogP contribution >= 0.6 is 11.3 Å². The lowest BCUT2D eigenvalue weighted by atomic mass is 10.1. The van der Waals surface area contributed by atoms with E-state index in [-0.39, 0.29) is 0 Å². The van der Waals surface area contributed by atoms with Gasteiger partial charge < -0.3 is 28.3 Å².